The van der Waals surface area contributed by atoms with E-state index in [-0.39, 0.29) is 19.4 Å². The van der Waals surface area contributed by atoms with Crippen LogP contribution in [0.15, 0.2) is 109 Å². The highest BCUT2D eigenvalue weighted by Crippen LogP contribution is 2.26. The number of aliphatic hydroxyl groups excluding tert-OH is 5. The number of allylic oxidation sites excluding steroid dienone is 17. The summed E-state index contributed by atoms with van der Waals surface area (Å²) in [6, 6.07) is -1.04. The molecule has 1 heterocycles. The van der Waals surface area contributed by atoms with Crippen LogP contribution in [0.3, 0.4) is 0 Å². The fraction of sp³-hybridized carbons (Fsp3) is 0.718. The molecule has 11 heteroatoms. The quantitative estimate of drug-likeness (QED) is 0.0195. The van der Waals surface area contributed by atoms with E-state index in [1.165, 1.54) is 70.6 Å². The average molecular weight is 1150 g/mol. The maximum atomic E-state index is 13.5. The lowest BCUT2D eigenvalue weighted by Gasteiger charge is -2.41. The van der Waals surface area contributed by atoms with E-state index in [0.29, 0.717) is 12.8 Å². The molecule has 0 aromatic carbocycles. The summed E-state index contributed by atoms with van der Waals surface area (Å²) in [5.41, 5.74) is 0. The van der Waals surface area contributed by atoms with Gasteiger partial charge in [0.05, 0.1) is 25.4 Å². The van der Waals surface area contributed by atoms with Gasteiger partial charge in [0.15, 0.2) is 12.4 Å². The van der Waals surface area contributed by atoms with Crippen molar-refractivity contribution in [2.75, 3.05) is 13.2 Å². The van der Waals surface area contributed by atoms with Crippen molar-refractivity contribution in [3.8, 4) is 0 Å². The summed E-state index contributed by atoms with van der Waals surface area (Å²) < 4.78 is 17.6. The number of aliphatic hydroxyl groups is 5. The first-order valence-electron chi connectivity index (χ1n) is 33.2. The van der Waals surface area contributed by atoms with E-state index < -0.39 is 67.4 Å². The van der Waals surface area contributed by atoms with Crippen LogP contribution in [-0.4, -0.2) is 99.6 Å². The second-order valence-electron chi connectivity index (χ2n) is 22.4. The minimum absolute atomic E-state index is 0.109. The highest BCUT2D eigenvalue weighted by molar-refractivity contribution is 5.80. The number of carbonyl (C=O) groups excluding carboxylic acids is 2. The monoisotopic (exact) mass is 1150 g/mol. The Labute approximate surface area is 500 Å². The third kappa shape index (κ3) is 44.8. The molecule has 1 saturated heterocycles. The lowest BCUT2D eigenvalue weighted by Crippen LogP contribution is -2.61. The molecular weight excluding hydrogens is 1030 g/mol. The summed E-state index contributed by atoms with van der Waals surface area (Å²) in [5, 5.41) is 57.1. The lowest BCUT2D eigenvalue weighted by atomic mass is 9.99. The Morgan fingerprint density at radius 3 is 1.32 bits per heavy atom. The van der Waals surface area contributed by atoms with Crippen LogP contribution in [0.2, 0.25) is 0 Å². The van der Waals surface area contributed by atoms with Gasteiger partial charge in [-0.05, 0) is 103 Å². The number of unbranched alkanes of at least 4 members (excludes halogenated alkanes) is 25. The van der Waals surface area contributed by atoms with Crippen LogP contribution in [0.25, 0.3) is 0 Å². The van der Waals surface area contributed by atoms with Gasteiger partial charge in [-0.2, -0.15) is 0 Å². The molecule has 1 fully saturated rings. The van der Waals surface area contributed by atoms with Crippen LogP contribution in [0.5, 0.6) is 0 Å². The largest absolute Gasteiger partial charge is 0.454 e. The predicted molar refractivity (Wildman–Crippen MR) is 342 cm³/mol. The fourth-order valence-electron chi connectivity index (χ4n) is 9.75. The molecule has 8 unspecified atom stereocenters. The number of esters is 1. The summed E-state index contributed by atoms with van der Waals surface area (Å²) >= 11 is 0. The van der Waals surface area contributed by atoms with Gasteiger partial charge in [-0.3, -0.25) is 9.59 Å². The third-order valence-corrected chi connectivity index (χ3v) is 14.9. The van der Waals surface area contributed by atoms with E-state index in [2.05, 4.69) is 123 Å². The van der Waals surface area contributed by atoms with Crippen LogP contribution in [0.1, 0.15) is 265 Å². The summed E-state index contributed by atoms with van der Waals surface area (Å²) in [7, 11) is 0. The standard InChI is InChI=1S/C71H121NO10/c1-4-7-10-13-16-19-22-25-27-28-29-30-31-32-33-34-35-36-37-38-40-43-46-49-52-55-58-64(75)70(79)72-62(63(74)57-54-51-48-45-42-39-24-21-18-15-12-9-6-3)61-80-71-69(68(78)67(77)65(60-73)81-71)82-66(76)59-56-53-50-47-44-41-26-23-20-17-14-11-8-5-2/h7-8,10-11,16-17,19-20,25,27,29-30,32-33,35-36,54,57,62-65,67-69,71,73-75,77-78H,4-6,9,12-15,18,21-24,26,28,31,34,37-53,55-56,58-61H2,1-3H3,(H,72,79)/b10-7-,11-8+,19-16-,20-17+,27-25-,30-29-,33-32-,36-35-,57-54+. The van der Waals surface area contributed by atoms with Crippen molar-refractivity contribution >= 4 is 11.9 Å². The molecule has 1 amide bonds. The molecule has 0 saturated carbocycles. The second kappa shape index (κ2) is 57.7. The number of hydrogen-bond donors (Lipinski definition) is 6. The van der Waals surface area contributed by atoms with Crippen molar-refractivity contribution in [1.29, 1.82) is 0 Å². The van der Waals surface area contributed by atoms with Gasteiger partial charge in [0.1, 0.15) is 24.4 Å². The molecule has 0 bridgehead atoms. The number of ether oxygens (including phenoxy) is 3. The van der Waals surface area contributed by atoms with Gasteiger partial charge in [0.2, 0.25) is 5.91 Å². The zero-order valence-corrected chi connectivity index (χ0v) is 52.1. The topological polar surface area (TPSA) is 175 Å². The molecule has 82 heavy (non-hydrogen) atoms. The van der Waals surface area contributed by atoms with E-state index in [0.717, 1.165) is 148 Å². The van der Waals surface area contributed by atoms with Gasteiger partial charge in [0.25, 0.3) is 0 Å². The van der Waals surface area contributed by atoms with Crippen molar-refractivity contribution in [2.24, 2.45) is 0 Å². The van der Waals surface area contributed by atoms with Crippen LogP contribution in [0.4, 0.5) is 0 Å². The molecule has 1 rings (SSSR count). The molecule has 0 aromatic heterocycles. The van der Waals surface area contributed by atoms with Crippen molar-refractivity contribution in [1.82, 2.24) is 5.32 Å². The zero-order valence-electron chi connectivity index (χ0n) is 52.1. The Kier molecular flexibility index (Phi) is 53.7. The Hall–Kier alpha value is -3.68. The van der Waals surface area contributed by atoms with Gasteiger partial charge < -0.3 is 45.1 Å². The second-order valence-corrected chi connectivity index (χ2v) is 22.4. The smallest absolute Gasteiger partial charge is 0.306 e. The molecular formula is C71H121NO10. The minimum Gasteiger partial charge on any atom is -0.454 e. The van der Waals surface area contributed by atoms with Gasteiger partial charge in [-0.15, -0.1) is 0 Å². The van der Waals surface area contributed by atoms with Gasteiger partial charge in [0, 0.05) is 6.42 Å². The van der Waals surface area contributed by atoms with E-state index in [1.807, 2.05) is 6.08 Å². The van der Waals surface area contributed by atoms with Crippen molar-refractivity contribution in [3.05, 3.63) is 109 Å². The van der Waals surface area contributed by atoms with Crippen molar-refractivity contribution < 1.29 is 49.3 Å². The summed E-state index contributed by atoms with van der Waals surface area (Å²) in [4.78, 5) is 26.6. The molecule has 470 valence electrons. The maximum absolute atomic E-state index is 13.5. The van der Waals surface area contributed by atoms with E-state index >= 15 is 0 Å². The molecule has 0 aromatic rings. The first-order chi connectivity index (χ1) is 40.2. The van der Waals surface area contributed by atoms with Crippen LogP contribution >= 0.6 is 0 Å². The van der Waals surface area contributed by atoms with Gasteiger partial charge in [-0.25, -0.2) is 0 Å². The summed E-state index contributed by atoms with van der Waals surface area (Å²) in [6.45, 7) is 5.56. The third-order valence-electron chi connectivity index (χ3n) is 14.9. The first kappa shape index (κ1) is 76.3. The Morgan fingerprint density at radius 2 is 0.878 bits per heavy atom. The minimum atomic E-state index is -1.62. The number of hydrogen-bond acceptors (Lipinski definition) is 10. The summed E-state index contributed by atoms with van der Waals surface area (Å²) in [6.07, 6.45) is 68.4. The molecule has 11 nitrogen and oxygen atoms in total. The highest BCUT2D eigenvalue weighted by atomic mass is 16.7. The normalized spacial score (nSPS) is 19.3. The maximum Gasteiger partial charge on any atom is 0.306 e. The molecule has 0 radical (unpaired) electrons. The molecule has 8 atom stereocenters. The molecule has 0 spiro atoms. The van der Waals surface area contributed by atoms with E-state index in [4.69, 9.17) is 14.2 Å². The first-order valence-corrected chi connectivity index (χ1v) is 33.2. The zero-order chi connectivity index (χ0) is 59.6. The number of nitrogens with one attached hydrogen (secondary N) is 1. The van der Waals surface area contributed by atoms with Gasteiger partial charge >= 0.3 is 5.97 Å². The average Bonchev–Trinajstić information content (AvgIpc) is 3.55. The van der Waals surface area contributed by atoms with Crippen LogP contribution in [0, 0.1) is 0 Å². The lowest BCUT2D eigenvalue weighted by molar-refractivity contribution is -0.305. The van der Waals surface area contributed by atoms with Gasteiger partial charge in [-0.1, -0.05) is 265 Å². The Morgan fingerprint density at radius 1 is 0.488 bits per heavy atom. The Balaban J connectivity index is 2.63. The van der Waals surface area contributed by atoms with Crippen LogP contribution in [-0.2, 0) is 23.8 Å². The molecule has 1 aliphatic rings. The van der Waals surface area contributed by atoms with Crippen LogP contribution < -0.4 is 5.32 Å². The summed E-state index contributed by atoms with van der Waals surface area (Å²) in [5.74, 6) is -1.22. The predicted octanol–water partition coefficient (Wildman–Crippen LogP) is 16.4. The SMILES string of the molecule is CC/C=C\C/C=C\C/C=C\C/C=C\C/C=C\C/C=C\CCCCCCCCCC(O)C(=O)NC(COC1OC(CO)C(O)C(O)C1OC(=O)CCCCCCCCC/C=C/C/C=C/CC)C(O)/C=C/CCCCCCCCCCCCC. The molecule has 0 aliphatic carbocycles. The number of carbonyl (C=O) groups is 2. The number of amides is 1. The Bertz CT molecular complexity index is 1750. The van der Waals surface area contributed by atoms with E-state index in [1.54, 1.807) is 6.08 Å². The molecule has 1 aliphatic heterocycles. The number of rotatable bonds is 55. The van der Waals surface area contributed by atoms with Crippen molar-refractivity contribution in [3.63, 3.8) is 0 Å². The van der Waals surface area contributed by atoms with Crippen molar-refractivity contribution in [2.45, 2.75) is 314 Å². The van der Waals surface area contributed by atoms with E-state index in [9.17, 15) is 35.1 Å². The highest BCUT2D eigenvalue weighted by Gasteiger charge is 2.47. The fourth-order valence-corrected chi connectivity index (χ4v) is 9.75. The molecule has 6 N–H and O–H groups in total.